The van der Waals surface area contributed by atoms with Crippen LogP contribution in [0.25, 0.3) is 10.6 Å². The molecule has 1 atom stereocenters. The summed E-state index contributed by atoms with van der Waals surface area (Å²) in [5.41, 5.74) is 0.620. The lowest BCUT2D eigenvalue weighted by atomic mass is 10.2. The Morgan fingerprint density at radius 2 is 2.27 bits per heavy atom. The Bertz CT molecular complexity index is 932. The SMILES string of the molecule is O=C(NCCN1C(=O)N=C2C=CSC2C1=O)c1cc(-c2cccs2)on1. The normalized spacial score (nSPS) is 18.8. The van der Waals surface area contributed by atoms with E-state index in [0.717, 1.165) is 9.78 Å². The molecule has 132 valence electrons. The Labute approximate surface area is 155 Å². The number of allylic oxidation sites excluding steroid dienone is 1. The van der Waals surface area contributed by atoms with Gasteiger partial charge in [-0.3, -0.25) is 14.5 Å². The highest BCUT2D eigenvalue weighted by Gasteiger charge is 2.38. The van der Waals surface area contributed by atoms with Gasteiger partial charge in [-0.2, -0.15) is 4.99 Å². The van der Waals surface area contributed by atoms with Crippen molar-refractivity contribution < 1.29 is 18.9 Å². The summed E-state index contributed by atoms with van der Waals surface area (Å²) in [6, 6.07) is 4.69. The standard InChI is InChI=1S/C16H12N4O4S2/c21-14(10-8-11(24-19-10)12-2-1-6-25-12)17-4-5-20-15(22)13-9(3-7-26-13)18-16(20)23/h1-3,6-8,13H,4-5H2,(H,17,21). The van der Waals surface area contributed by atoms with Crippen molar-refractivity contribution in [1.82, 2.24) is 15.4 Å². The first kappa shape index (κ1) is 16.7. The molecular weight excluding hydrogens is 376 g/mol. The largest absolute Gasteiger partial charge is 0.355 e. The quantitative estimate of drug-likeness (QED) is 0.842. The van der Waals surface area contributed by atoms with Crippen molar-refractivity contribution in [2.75, 3.05) is 13.1 Å². The molecule has 4 rings (SSSR count). The summed E-state index contributed by atoms with van der Waals surface area (Å²) in [6.07, 6.45) is 1.67. The maximum Gasteiger partial charge on any atom is 0.350 e. The van der Waals surface area contributed by atoms with E-state index in [-0.39, 0.29) is 24.7 Å². The maximum absolute atomic E-state index is 12.3. The molecule has 2 aliphatic heterocycles. The molecule has 2 aromatic rings. The van der Waals surface area contributed by atoms with Crippen molar-refractivity contribution in [1.29, 1.82) is 0 Å². The van der Waals surface area contributed by atoms with Gasteiger partial charge in [-0.25, -0.2) is 4.79 Å². The number of hydrogen-bond donors (Lipinski definition) is 1. The lowest BCUT2D eigenvalue weighted by Crippen LogP contribution is -2.49. The number of thiophene rings is 1. The van der Waals surface area contributed by atoms with Crippen LogP contribution in [0.15, 0.2) is 44.6 Å². The van der Waals surface area contributed by atoms with E-state index in [1.807, 2.05) is 17.5 Å². The van der Waals surface area contributed by atoms with Gasteiger partial charge in [0, 0.05) is 19.2 Å². The van der Waals surface area contributed by atoms with E-state index in [4.69, 9.17) is 4.52 Å². The molecule has 8 nitrogen and oxygen atoms in total. The topological polar surface area (TPSA) is 105 Å². The molecule has 0 fully saturated rings. The Balaban J connectivity index is 1.34. The number of rotatable bonds is 5. The van der Waals surface area contributed by atoms with Crippen molar-refractivity contribution in [2.45, 2.75) is 5.25 Å². The number of amides is 4. The number of imide groups is 1. The van der Waals surface area contributed by atoms with Crippen LogP contribution in [0.2, 0.25) is 0 Å². The van der Waals surface area contributed by atoms with Gasteiger partial charge in [0.1, 0.15) is 5.25 Å². The minimum Gasteiger partial charge on any atom is -0.355 e. The predicted octanol–water partition coefficient (Wildman–Crippen LogP) is 2.17. The van der Waals surface area contributed by atoms with Gasteiger partial charge < -0.3 is 9.84 Å². The van der Waals surface area contributed by atoms with Gasteiger partial charge in [-0.15, -0.1) is 23.1 Å². The molecule has 4 amide bonds. The van der Waals surface area contributed by atoms with E-state index in [1.54, 1.807) is 17.6 Å². The monoisotopic (exact) mass is 388 g/mol. The Morgan fingerprint density at radius 1 is 1.38 bits per heavy atom. The highest BCUT2D eigenvalue weighted by atomic mass is 32.2. The minimum atomic E-state index is -0.607. The summed E-state index contributed by atoms with van der Waals surface area (Å²) < 4.78 is 5.16. The molecule has 1 N–H and O–H groups in total. The third-order valence-electron chi connectivity index (χ3n) is 3.80. The molecule has 2 aliphatic rings. The van der Waals surface area contributed by atoms with E-state index in [1.165, 1.54) is 23.1 Å². The van der Waals surface area contributed by atoms with Gasteiger partial charge in [0.15, 0.2) is 11.5 Å². The fraction of sp³-hybridized carbons (Fsp3) is 0.188. The molecule has 26 heavy (non-hydrogen) atoms. The average Bonchev–Trinajstić information content (AvgIpc) is 3.37. The van der Waals surface area contributed by atoms with Crippen LogP contribution in [0.5, 0.6) is 0 Å². The lowest BCUT2D eigenvalue weighted by molar-refractivity contribution is -0.126. The third kappa shape index (κ3) is 3.08. The lowest BCUT2D eigenvalue weighted by Gasteiger charge is -2.25. The number of aliphatic imine (C=N–C) groups is 1. The molecule has 4 heterocycles. The van der Waals surface area contributed by atoms with E-state index in [0.29, 0.717) is 11.5 Å². The number of urea groups is 1. The predicted molar refractivity (Wildman–Crippen MR) is 97.2 cm³/mol. The van der Waals surface area contributed by atoms with E-state index in [9.17, 15) is 14.4 Å². The fourth-order valence-corrected chi connectivity index (χ4v) is 4.09. The minimum absolute atomic E-state index is 0.0485. The summed E-state index contributed by atoms with van der Waals surface area (Å²) in [5.74, 6) is -0.237. The number of hydrogen-bond acceptors (Lipinski definition) is 7. The van der Waals surface area contributed by atoms with Crippen molar-refractivity contribution in [2.24, 2.45) is 4.99 Å². The number of nitrogens with zero attached hydrogens (tertiary/aromatic N) is 3. The van der Waals surface area contributed by atoms with Crippen LogP contribution < -0.4 is 5.32 Å². The van der Waals surface area contributed by atoms with Gasteiger partial charge in [0.25, 0.3) is 5.91 Å². The second kappa shape index (κ2) is 6.89. The smallest absolute Gasteiger partial charge is 0.350 e. The number of fused-ring (bicyclic) bond motifs is 1. The summed E-state index contributed by atoms with van der Waals surface area (Å²) >= 11 is 2.79. The van der Waals surface area contributed by atoms with Crippen LogP contribution >= 0.6 is 23.1 Å². The van der Waals surface area contributed by atoms with Crippen molar-refractivity contribution in [3.8, 4) is 10.6 Å². The van der Waals surface area contributed by atoms with E-state index in [2.05, 4.69) is 15.5 Å². The Kier molecular flexibility index (Phi) is 4.43. The molecule has 0 aromatic carbocycles. The van der Waals surface area contributed by atoms with Crippen LogP contribution in [0.3, 0.4) is 0 Å². The number of carbonyl (C=O) groups excluding carboxylic acids is 3. The summed E-state index contributed by atoms with van der Waals surface area (Å²) in [7, 11) is 0. The number of nitrogens with one attached hydrogen (secondary N) is 1. The van der Waals surface area contributed by atoms with Gasteiger partial charge in [0.05, 0.1) is 10.6 Å². The molecule has 1 unspecified atom stereocenters. The zero-order valence-electron chi connectivity index (χ0n) is 13.2. The van der Waals surface area contributed by atoms with Crippen molar-refractivity contribution in [3.63, 3.8) is 0 Å². The summed E-state index contributed by atoms with van der Waals surface area (Å²) in [4.78, 5) is 42.3. The molecule has 0 saturated heterocycles. The van der Waals surface area contributed by atoms with E-state index >= 15 is 0 Å². The molecule has 2 aromatic heterocycles. The first-order valence-electron chi connectivity index (χ1n) is 7.68. The van der Waals surface area contributed by atoms with E-state index < -0.39 is 17.2 Å². The highest BCUT2D eigenvalue weighted by Crippen LogP contribution is 2.27. The average molecular weight is 388 g/mol. The van der Waals surface area contributed by atoms with Crippen LogP contribution in [0.4, 0.5) is 4.79 Å². The first-order valence-corrected chi connectivity index (χ1v) is 9.50. The van der Waals surface area contributed by atoms with Crippen LogP contribution in [-0.2, 0) is 4.79 Å². The summed E-state index contributed by atoms with van der Waals surface area (Å²) in [6.45, 7) is 0.153. The summed E-state index contributed by atoms with van der Waals surface area (Å²) in [5, 5.41) is 9.56. The van der Waals surface area contributed by atoms with Crippen molar-refractivity contribution in [3.05, 3.63) is 40.8 Å². The third-order valence-corrected chi connectivity index (χ3v) is 5.69. The highest BCUT2D eigenvalue weighted by molar-refractivity contribution is 8.04. The van der Waals surface area contributed by atoms with Crippen LogP contribution in [0.1, 0.15) is 10.5 Å². The van der Waals surface area contributed by atoms with Crippen LogP contribution in [-0.4, -0.2) is 52.0 Å². The zero-order valence-corrected chi connectivity index (χ0v) is 14.9. The van der Waals surface area contributed by atoms with Crippen LogP contribution in [0, 0.1) is 0 Å². The molecule has 0 aliphatic carbocycles. The maximum atomic E-state index is 12.3. The molecule has 0 bridgehead atoms. The fourth-order valence-electron chi connectivity index (χ4n) is 2.53. The molecule has 0 spiro atoms. The molecule has 0 radical (unpaired) electrons. The molecule has 10 heteroatoms. The number of carbonyl (C=O) groups is 3. The second-order valence-corrected chi connectivity index (χ2v) is 7.40. The van der Waals surface area contributed by atoms with Gasteiger partial charge in [-0.05, 0) is 22.9 Å². The first-order chi connectivity index (χ1) is 12.6. The van der Waals surface area contributed by atoms with Gasteiger partial charge >= 0.3 is 6.03 Å². The Morgan fingerprint density at radius 3 is 3.08 bits per heavy atom. The zero-order chi connectivity index (χ0) is 18.1. The Hall–Kier alpha value is -2.72. The number of aromatic nitrogens is 1. The molecule has 0 saturated carbocycles. The second-order valence-electron chi connectivity index (χ2n) is 5.44. The van der Waals surface area contributed by atoms with Crippen molar-refractivity contribution >= 4 is 46.7 Å². The molecular formula is C16H12N4O4S2. The van der Waals surface area contributed by atoms with Gasteiger partial charge in [0.2, 0.25) is 5.91 Å². The number of thioether (sulfide) groups is 1. The van der Waals surface area contributed by atoms with Gasteiger partial charge in [-0.1, -0.05) is 11.2 Å².